The maximum absolute atomic E-state index is 3.69. The quantitative estimate of drug-likeness (QED) is 0.735. The molecule has 1 saturated heterocycles. The van der Waals surface area contributed by atoms with Crippen LogP contribution in [0.25, 0.3) is 0 Å². The molecular formula is C17H36N2. The van der Waals surface area contributed by atoms with Crippen LogP contribution in [0.1, 0.15) is 67.2 Å². The van der Waals surface area contributed by atoms with Crippen LogP contribution >= 0.6 is 0 Å². The summed E-state index contributed by atoms with van der Waals surface area (Å²) in [7, 11) is 0. The van der Waals surface area contributed by atoms with E-state index in [1.165, 1.54) is 45.3 Å². The molecule has 0 amide bonds. The Kier molecular flexibility index (Phi) is 6.32. The van der Waals surface area contributed by atoms with Crippen molar-refractivity contribution in [3.8, 4) is 0 Å². The third-order valence-electron chi connectivity index (χ3n) is 4.41. The summed E-state index contributed by atoms with van der Waals surface area (Å²) >= 11 is 0. The highest BCUT2D eigenvalue weighted by Crippen LogP contribution is 2.27. The SMILES string of the molecule is CCCCCC(C)(C)CN1CCNC(C(C)(C)C)C1. The first-order valence-corrected chi connectivity index (χ1v) is 8.20. The van der Waals surface area contributed by atoms with Gasteiger partial charge in [0.15, 0.2) is 0 Å². The van der Waals surface area contributed by atoms with Gasteiger partial charge in [0.1, 0.15) is 0 Å². The molecule has 0 radical (unpaired) electrons. The summed E-state index contributed by atoms with van der Waals surface area (Å²) in [5.41, 5.74) is 0.833. The van der Waals surface area contributed by atoms with E-state index in [-0.39, 0.29) is 0 Å². The molecule has 0 aromatic carbocycles. The summed E-state index contributed by atoms with van der Waals surface area (Å²) in [5.74, 6) is 0. The van der Waals surface area contributed by atoms with Crippen molar-refractivity contribution in [3.63, 3.8) is 0 Å². The Morgan fingerprint density at radius 1 is 1.11 bits per heavy atom. The molecule has 1 aliphatic rings. The van der Waals surface area contributed by atoms with Gasteiger partial charge < -0.3 is 5.32 Å². The molecule has 0 saturated carbocycles. The molecule has 0 spiro atoms. The lowest BCUT2D eigenvalue weighted by Gasteiger charge is -2.43. The summed E-state index contributed by atoms with van der Waals surface area (Å²) in [6.07, 6.45) is 5.47. The van der Waals surface area contributed by atoms with E-state index in [1.807, 2.05) is 0 Å². The van der Waals surface area contributed by atoms with Gasteiger partial charge in [0.2, 0.25) is 0 Å². The molecule has 114 valence electrons. The van der Waals surface area contributed by atoms with Crippen molar-refractivity contribution in [2.24, 2.45) is 10.8 Å². The van der Waals surface area contributed by atoms with Gasteiger partial charge >= 0.3 is 0 Å². The average molecular weight is 268 g/mol. The van der Waals surface area contributed by atoms with Crippen LogP contribution in [0.4, 0.5) is 0 Å². The van der Waals surface area contributed by atoms with Crippen LogP contribution in [0.5, 0.6) is 0 Å². The number of unbranched alkanes of at least 4 members (excludes halogenated alkanes) is 2. The second kappa shape index (κ2) is 7.08. The lowest BCUT2D eigenvalue weighted by molar-refractivity contribution is 0.0940. The first-order chi connectivity index (χ1) is 8.74. The smallest absolute Gasteiger partial charge is 0.0244 e. The van der Waals surface area contributed by atoms with Crippen LogP contribution in [-0.2, 0) is 0 Å². The number of hydrogen-bond donors (Lipinski definition) is 1. The van der Waals surface area contributed by atoms with Crippen LogP contribution in [0.3, 0.4) is 0 Å². The van der Waals surface area contributed by atoms with E-state index in [1.54, 1.807) is 0 Å². The molecule has 1 unspecified atom stereocenters. The molecule has 0 aromatic heterocycles. The highest BCUT2D eigenvalue weighted by molar-refractivity contribution is 4.89. The molecule has 1 heterocycles. The van der Waals surface area contributed by atoms with Crippen LogP contribution < -0.4 is 5.32 Å². The maximum atomic E-state index is 3.69. The fourth-order valence-electron chi connectivity index (χ4n) is 3.07. The van der Waals surface area contributed by atoms with Gasteiger partial charge in [-0.15, -0.1) is 0 Å². The monoisotopic (exact) mass is 268 g/mol. The van der Waals surface area contributed by atoms with Crippen molar-refractivity contribution < 1.29 is 0 Å². The highest BCUT2D eigenvalue weighted by atomic mass is 15.2. The number of hydrogen-bond acceptors (Lipinski definition) is 2. The van der Waals surface area contributed by atoms with Gasteiger partial charge in [-0.25, -0.2) is 0 Å². The minimum atomic E-state index is 0.366. The Labute approximate surface area is 121 Å². The van der Waals surface area contributed by atoms with E-state index < -0.39 is 0 Å². The third-order valence-corrected chi connectivity index (χ3v) is 4.41. The predicted molar refractivity (Wildman–Crippen MR) is 85.6 cm³/mol. The minimum absolute atomic E-state index is 0.366. The molecule has 1 aliphatic heterocycles. The average Bonchev–Trinajstić information content (AvgIpc) is 2.27. The van der Waals surface area contributed by atoms with Crippen molar-refractivity contribution in [2.75, 3.05) is 26.2 Å². The zero-order valence-corrected chi connectivity index (χ0v) is 14.2. The van der Waals surface area contributed by atoms with E-state index in [9.17, 15) is 0 Å². The van der Waals surface area contributed by atoms with Gasteiger partial charge in [-0.05, 0) is 17.3 Å². The van der Waals surface area contributed by atoms with E-state index in [0.717, 1.165) is 6.54 Å². The summed E-state index contributed by atoms with van der Waals surface area (Å²) in [5, 5.41) is 3.69. The molecular weight excluding hydrogens is 232 g/mol. The van der Waals surface area contributed by atoms with Gasteiger partial charge in [0.25, 0.3) is 0 Å². The third kappa shape index (κ3) is 6.27. The lowest BCUT2D eigenvalue weighted by atomic mass is 9.83. The largest absolute Gasteiger partial charge is 0.311 e. The van der Waals surface area contributed by atoms with Gasteiger partial charge in [0, 0.05) is 32.2 Å². The fourth-order valence-corrected chi connectivity index (χ4v) is 3.07. The molecule has 1 fully saturated rings. The van der Waals surface area contributed by atoms with Crippen molar-refractivity contribution >= 4 is 0 Å². The Morgan fingerprint density at radius 2 is 1.79 bits per heavy atom. The van der Waals surface area contributed by atoms with Crippen LogP contribution in [-0.4, -0.2) is 37.1 Å². The zero-order chi connectivity index (χ0) is 14.5. The summed E-state index contributed by atoms with van der Waals surface area (Å²) in [6.45, 7) is 19.0. The minimum Gasteiger partial charge on any atom is -0.311 e. The molecule has 2 heteroatoms. The molecule has 2 nitrogen and oxygen atoms in total. The summed E-state index contributed by atoms with van der Waals surface area (Å²) < 4.78 is 0. The Balaban J connectivity index is 2.43. The zero-order valence-electron chi connectivity index (χ0n) is 14.2. The first-order valence-electron chi connectivity index (χ1n) is 8.20. The van der Waals surface area contributed by atoms with Crippen molar-refractivity contribution in [2.45, 2.75) is 73.3 Å². The topological polar surface area (TPSA) is 15.3 Å². The number of piperazine rings is 1. The molecule has 0 aromatic rings. The standard InChI is InChI=1S/C17H36N2/c1-7-8-9-10-17(5,6)14-19-12-11-18-15(13-19)16(2,3)4/h15,18H,7-14H2,1-6H3. The summed E-state index contributed by atoms with van der Waals surface area (Å²) in [6, 6.07) is 0.632. The van der Waals surface area contributed by atoms with Gasteiger partial charge in [-0.2, -0.15) is 0 Å². The van der Waals surface area contributed by atoms with Crippen molar-refractivity contribution in [3.05, 3.63) is 0 Å². The molecule has 0 bridgehead atoms. The van der Waals surface area contributed by atoms with Crippen molar-refractivity contribution in [1.82, 2.24) is 10.2 Å². The van der Waals surface area contributed by atoms with E-state index in [2.05, 4.69) is 51.8 Å². The molecule has 1 N–H and O–H groups in total. The van der Waals surface area contributed by atoms with E-state index in [4.69, 9.17) is 0 Å². The predicted octanol–water partition coefficient (Wildman–Crippen LogP) is 3.91. The number of nitrogens with one attached hydrogen (secondary N) is 1. The second-order valence-corrected chi connectivity index (χ2v) is 8.23. The number of nitrogens with zero attached hydrogens (tertiary/aromatic N) is 1. The Bertz CT molecular complexity index is 252. The van der Waals surface area contributed by atoms with Crippen molar-refractivity contribution in [1.29, 1.82) is 0 Å². The second-order valence-electron chi connectivity index (χ2n) is 8.23. The Hall–Kier alpha value is -0.0800. The molecule has 19 heavy (non-hydrogen) atoms. The van der Waals surface area contributed by atoms with E-state index in [0.29, 0.717) is 16.9 Å². The van der Waals surface area contributed by atoms with E-state index >= 15 is 0 Å². The molecule has 1 atom stereocenters. The fraction of sp³-hybridized carbons (Fsp3) is 1.00. The molecule has 1 rings (SSSR count). The van der Waals surface area contributed by atoms with Gasteiger partial charge in [0.05, 0.1) is 0 Å². The Morgan fingerprint density at radius 3 is 2.37 bits per heavy atom. The normalized spacial score (nSPS) is 22.7. The van der Waals surface area contributed by atoms with Crippen LogP contribution in [0, 0.1) is 10.8 Å². The summed E-state index contributed by atoms with van der Waals surface area (Å²) in [4.78, 5) is 2.68. The lowest BCUT2D eigenvalue weighted by Crippen LogP contribution is -2.57. The molecule has 0 aliphatic carbocycles. The highest BCUT2D eigenvalue weighted by Gasteiger charge is 2.31. The van der Waals surface area contributed by atoms with Gasteiger partial charge in [-0.3, -0.25) is 4.90 Å². The first kappa shape index (κ1) is 17.0. The van der Waals surface area contributed by atoms with Crippen LogP contribution in [0.15, 0.2) is 0 Å². The maximum Gasteiger partial charge on any atom is 0.0244 e. The van der Waals surface area contributed by atoms with Gasteiger partial charge in [-0.1, -0.05) is 60.8 Å². The van der Waals surface area contributed by atoms with Crippen LogP contribution in [0.2, 0.25) is 0 Å². The number of rotatable bonds is 6.